The molecule has 0 saturated heterocycles. The molecule has 1 atom stereocenters. The average Bonchev–Trinajstić information content (AvgIpc) is 2.69. The van der Waals surface area contributed by atoms with E-state index in [1.54, 1.807) is 6.92 Å². The molecule has 5 nitrogen and oxygen atoms in total. The summed E-state index contributed by atoms with van der Waals surface area (Å²) in [6, 6.07) is 12.3. The molecule has 2 aromatic carbocycles. The van der Waals surface area contributed by atoms with Crippen LogP contribution < -0.4 is 10.1 Å². The second-order valence-electron chi connectivity index (χ2n) is 6.36. The summed E-state index contributed by atoms with van der Waals surface area (Å²) in [6.45, 7) is 4.23. The smallest absolute Gasteiger partial charge is 0.261 e. The highest BCUT2D eigenvalue weighted by molar-refractivity contribution is 9.10. The molecular formula is C21H24BrFN2O3. The van der Waals surface area contributed by atoms with Crippen LogP contribution in [0.2, 0.25) is 0 Å². The molecule has 0 aliphatic rings. The third-order valence-corrected chi connectivity index (χ3v) is 4.63. The Hall–Kier alpha value is -2.41. The summed E-state index contributed by atoms with van der Waals surface area (Å²) in [4.78, 5) is 26.7. The zero-order chi connectivity index (χ0) is 20.5. The quantitative estimate of drug-likeness (QED) is 0.629. The molecule has 1 N–H and O–H groups in total. The lowest BCUT2D eigenvalue weighted by molar-refractivity contribution is -0.142. The molecule has 0 aromatic heterocycles. The Bertz CT molecular complexity index is 798. The summed E-state index contributed by atoms with van der Waals surface area (Å²) in [5, 5.41) is 2.82. The highest BCUT2D eigenvalue weighted by Crippen LogP contribution is 2.16. The first-order valence-corrected chi connectivity index (χ1v) is 9.90. The number of carbonyl (C=O) groups is 2. The molecule has 0 radical (unpaired) electrons. The Morgan fingerprint density at radius 3 is 2.57 bits per heavy atom. The molecule has 0 spiro atoms. The molecule has 0 aliphatic carbocycles. The van der Waals surface area contributed by atoms with Gasteiger partial charge in [-0.25, -0.2) is 4.39 Å². The maximum atomic E-state index is 13.0. The molecule has 0 heterocycles. The summed E-state index contributed by atoms with van der Waals surface area (Å²) in [5.41, 5.74) is 0.889. The number of hydrogen-bond donors (Lipinski definition) is 1. The van der Waals surface area contributed by atoms with Gasteiger partial charge in [0.1, 0.15) is 17.6 Å². The van der Waals surface area contributed by atoms with Crippen LogP contribution in [0.25, 0.3) is 0 Å². The number of amides is 2. The summed E-state index contributed by atoms with van der Waals surface area (Å²) in [7, 11) is 0. The molecule has 1 unspecified atom stereocenters. The number of halogens is 2. The normalized spacial score (nSPS) is 11.6. The van der Waals surface area contributed by atoms with Crippen LogP contribution in [0.1, 0.15) is 25.8 Å². The van der Waals surface area contributed by atoms with Gasteiger partial charge in [-0.1, -0.05) is 35.0 Å². The number of nitrogens with zero attached hydrogens (tertiary/aromatic N) is 1. The lowest BCUT2D eigenvalue weighted by Gasteiger charge is -2.28. The number of nitrogens with one attached hydrogen (secondary N) is 1. The molecule has 0 saturated carbocycles. The average molecular weight is 451 g/mol. The number of hydrogen-bond acceptors (Lipinski definition) is 3. The molecule has 28 heavy (non-hydrogen) atoms. The second-order valence-corrected chi connectivity index (χ2v) is 7.28. The van der Waals surface area contributed by atoms with Crippen LogP contribution in [0.5, 0.6) is 5.75 Å². The third-order valence-electron chi connectivity index (χ3n) is 4.13. The van der Waals surface area contributed by atoms with Gasteiger partial charge in [0.2, 0.25) is 5.91 Å². The van der Waals surface area contributed by atoms with Crippen molar-refractivity contribution in [2.24, 2.45) is 0 Å². The van der Waals surface area contributed by atoms with Gasteiger partial charge >= 0.3 is 0 Å². The van der Waals surface area contributed by atoms with Gasteiger partial charge in [-0.15, -0.1) is 0 Å². The van der Waals surface area contributed by atoms with Gasteiger partial charge in [0.15, 0.2) is 6.61 Å². The van der Waals surface area contributed by atoms with Gasteiger partial charge in [-0.05, 0) is 55.3 Å². The van der Waals surface area contributed by atoms with Crippen molar-refractivity contribution in [3.8, 4) is 5.75 Å². The van der Waals surface area contributed by atoms with Crippen molar-refractivity contribution in [2.75, 3.05) is 13.2 Å². The van der Waals surface area contributed by atoms with Crippen LogP contribution in [0, 0.1) is 5.82 Å². The third kappa shape index (κ3) is 6.64. The molecule has 7 heteroatoms. The van der Waals surface area contributed by atoms with E-state index in [9.17, 15) is 14.0 Å². The van der Waals surface area contributed by atoms with Crippen molar-refractivity contribution in [1.29, 1.82) is 0 Å². The SMILES string of the molecule is CCCNC(=O)C(C)N(Cc1cccc(Br)c1)C(=O)COc1ccc(F)cc1. The van der Waals surface area contributed by atoms with Crippen LogP contribution in [0.3, 0.4) is 0 Å². The lowest BCUT2D eigenvalue weighted by Crippen LogP contribution is -2.49. The maximum Gasteiger partial charge on any atom is 0.261 e. The standard InChI is InChI=1S/C21H24BrFN2O3/c1-3-11-24-21(27)15(2)25(13-16-5-4-6-17(22)12-16)20(26)14-28-19-9-7-18(23)8-10-19/h4-10,12,15H,3,11,13-14H2,1-2H3,(H,24,27). The molecule has 150 valence electrons. The Labute approximate surface area is 173 Å². The van der Waals surface area contributed by atoms with E-state index in [0.29, 0.717) is 12.3 Å². The Morgan fingerprint density at radius 1 is 1.21 bits per heavy atom. The first-order valence-electron chi connectivity index (χ1n) is 9.10. The minimum atomic E-state index is -0.658. The van der Waals surface area contributed by atoms with Crippen LogP contribution in [0.4, 0.5) is 4.39 Å². The second kappa shape index (κ2) is 10.8. The van der Waals surface area contributed by atoms with Crippen LogP contribution in [0.15, 0.2) is 53.0 Å². The van der Waals surface area contributed by atoms with Gasteiger partial charge in [-0.3, -0.25) is 9.59 Å². The van der Waals surface area contributed by atoms with Crippen molar-refractivity contribution >= 4 is 27.7 Å². The zero-order valence-corrected chi connectivity index (χ0v) is 17.5. The predicted octanol–water partition coefficient (Wildman–Crippen LogP) is 3.91. The molecule has 2 aromatic rings. The zero-order valence-electron chi connectivity index (χ0n) is 16.0. The van der Waals surface area contributed by atoms with Crippen LogP contribution in [-0.2, 0) is 16.1 Å². The molecule has 2 amide bonds. The largest absolute Gasteiger partial charge is 0.484 e. The Morgan fingerprint density at radius 2 is 1.93 bits per heavy atom. The van der Waals surface area contributed by atoms with Crippen LogP contribution in [-0.4, -0.2) is 35.9 Å². The topological polar surface area (TPSA) is 58.6 Å². The van der Waals surface area contributed by atoms with E-state index in [2.05, 4.69) is 21.2 Å². The monoisotopic (exact) mass is 450 g/mol. The van der Waals surface area contributed by atoms with Gasteiger partial charge in [0, 0.05) is 17.6 Å². The summed E-state index contributed by atoms with van der Waals surface area (Å²) in [5.74, 6) is -0.535. The fraction of sp³-hybridized carbons (Fsp3) is 0.333. The first-order chi connectivity index (χ1) is 13.4. The van der Waals surface area contributed by atoms with Gasteiger partial charge in [0.25, 0.3) is 5.91 Å². The molecule has 2 rings (SSSR count). The Balaban J connectivity index is 2.12. The predicted molar refractivity (Wildman–Crippen MR) is 109 cm³/mol. The van der Waals surface area contributed by atoms with Crippen LogP contribution >= 0.6 is 15.9 Å². The number of ether oxygens (including phenoxy) is 1. The van der Waals surface area contributed by atoms with E-state index in [1.165, 1.54) is 29.2 Å². The fourth-order valence-corrected chi connectivity index (χ4v) is 3.02. The van der Waals surface area contributed by atoms with Crippen molar-refractivity contribution in [2.45, 2.75) is 32.9 Å². The minimum Gasteiger partial charge on any atom is -0.484 e. The highest BCUT2D eigenvalue weighted by Gasteiger charge is 2.26. The van der Waals surface area contributed by atoms with Crippen molar-refractivity contribution < 1.29 is 18.7 Å². The summed E-state index contributed by atoms with van der Waals surface area (Å²) >= 11 is 3.42. The van der Waals surface area contributed by atoms with Crippen molar-refractivity contribution in [1.82, 2.24) is 10.2 Å². The Kier molecular flexibility index (Phi) is 8.44. The fourth-order valence-electron chi connectivity index (χ4n) is 2.57. The molecule has 0 bridgehead atoms. The van der Waals surface area contributed by atoms with E-state index in [0.717, 1.165) is 16.5 Å². The van der Waals surface area contributed by atoms with Gasteiger partial charge in [0.05, 0.1) is 0 Å². The lowest BCUT2D eigenvalue weighted by atomic mass is 10.1. The maximum absolute atomic E-state index is 13.0. The number of benzene rings is 2. The minimum absolute atomic E-state index is 0.216. The highest BCUT2D eigenvalue weighted by atomic mass is 79.9. The number of rotatable bonds is 9. The first kappa shape index (κ1) is 21.9. The summed E-state index contributed by atoms with van der Waals surface area (Å²) < 4.78 is 19.4. The van der Waals surface area contributed by atoms with E-state index < -0.39 is 6.04 Å². The van der Waals surface area contributed by atoms with E-state index in [-0.39, 0.29) is 30.8 Å². The van der Waals surface area contributed by atoms with Gasteiger partial charge < -0.3 is 15.0 Å². The molecule has 0 aliphatic heterocycles. The number of carbonyl (C=O) groups excluding carboxylic acids is 2. The van der Waals surface area contributed by atoms with Gasteiger partial charge in [-0.2, -0.15) is 0 Å². The molecular weight excluding hydrogens is 427 g/mol. The van der Waals surface area contributed by atoms with E-state index in [1.807, 2.05) is 31.2 Å². The van der Waals surface area contributed by atoms with Crippen molar-refractivity contribution in [3.63, 3.8) is 0 Å². The van der Waals surface area contributed by atoms with E-state index in [4.69, 9.17) is 4.74 Å². The molecule has 0 fully saturated rings. The van der Waals surface area contributed by atoms with E-state index >= 15 is 0 Å². The van der Waals surface area contributed by atoms with Crippen molar-refractivity contribution in [3.05, 3.63) is 64.4 Å². The summed E-state index contributed by atoms with van der Waals surface area (Å²) in [6.07, 6.45) is 0.811.